The highest BCUT2D eigenvalue weighted by molar-refractivity contribution is 5.81. The Morgan fingerprint density at radius 1 is 0.816 bits per heavy atom. The highest BCUT2D eigenvalue weighted by Gasteiger charge is 2.68. The molecule has 0 unspecified atom stereocenters. The van der Waals surface area contributed by atoms with E-state index in [-0.39, 0.29) is 5.82 Å². The summed E-state index contributed by atoms with van der Waals surface area (Å²) in [5.74, 6) is 0.167. The largest absolute Gasteiger partial charge is 0.394 e. The first-order valence-electron chi connectivity index (χ1n) is 12.3. The number of benzene rings is 3. The monoisotopic (exact) mass is 509 g/mol. The van der Waals surface area contributed by atoms with E-state index in [4.69, 9.17) is 10.5 Å². The first kappa shape index (κ1) is 24.2. The van der Waals surface area contributed by atoms with Gasteiger partial charge in [-0.25, -0.2) is 15.0 Å². The molecular weight excluding hydrogens is 482 g/mol. The van der Waals surface area contributed by atoms with E-state index < -0.39 is 36.1 Å². The lowest BCUT2D eigenvalue weighted by Gasteiger charge is -2.51. The second-order valence-corrected chi connectivity index (χ2v) is 9.36. The van der Waals surface area contributed by atoms with E-state index in [0.717, 1.165) is 16.7 Å². The average Bonchev–Trinajstić information content (AvgIpc) is 3.52. The van der Waals surface area contributed by atoms with Crippen LogP contribution in [-0.4, -0.2) is 59.8 Å². The number of hydrogen-bond acceptors (Lipinski definition) is 8. The van der Waals surface area contributed by atoms with Crippen molar-refractivity contribution < 1.29 is 20.1 Å². The van der Waals surface area contributed by atoms with E-state index in [2.05, 4.69) is 15.0 Å². The molecule has 9 nitrogen and oxygen atoms in total. The SMILES string of the molecule is Nc1ncnc2c1ncn2[C@]1(C(c2ccccc2)(c2ccccc2)c2ccccc2)O[C@H](CO)[C@@H](O)[C@H]1O. The fourth-order valence-corrected chi connectivity index (χ4v) is 5.92. The number of aliphatic hydroxyl groups excluding tert-OH is 3. The molecule has 0 aliphatic carbocycles. The lowest BCUT2D eigenvalue weighted by Crippen LogP contribution is -2.61. The van der Waals surface area contributed by atoms with Gasteiger partial charge in [0.05, 0.1) is 18.3 Å². The standard InChI is InChI=1S/C29H27N5O4/c30-26-23-27(32-17-31-26)34(18-33-23)29(25(37)24(36)22(16-35)38-29)28(19-10-4-1-5-11-19,20-12-6-2-7-13-20)21-14-8-3-9-15-21/h1-15,17-18,22,24-25,35-37H,16H2,(H2,30,31,32)/t22-,24-,25-,29+/m1/s1. The molecule has 0 bridgehead atoms. The van der Waals surface area contributed by atoms with Crippen LogP contribution in [0, 0.1) is 0 Å². The molecule has 9 heteroatoms. The van der Waals surface area contributed by atoms with E-state index in [9.17, 15) is 15.3 Å². The molecular formula is C29H27N5O4. The third-order valence-electron chi connectivity index (χ3n) is 7.49. The van der Waals surface area contributed by atoms with Crippen LogP contribution in [0.15, 0.2) is 104 Å². The maximum Gasteiger partial charge on any atom is 0.194 e. The Morgan fingerprint density at radius 3 is 1.82 bits per heavy atom. The number of nitrogens with zero attached hydrogens (tertiary/aromatic N) is 4. The molecule has 0 radical (unpaired) electrons. The van der Waals surface area contributed by atoms with Crippen LogP contribution in [-0.2, 0) is 15.9 Å². The number of anilines is 1. The van der Waals surface area contributed by atoms with Gasteiger partial charge in [0.1, 0.15) is 30.2 Å². The van der Waals surface area contributed by atoms with Crippen LogP contribution >= 0.6 is 0 Å². The molecule has 3 heterocycles. The summed E-state index contributed by atoms with van der Waals surface area (Å²) in [5.41, 5.74) is 6.09. The van der Waals surface area contributed by atoms with Gasteiger partial charge in [-0.3, -0.25) is 4.57 Å². The number of aromatic nitrogens is 4. The molecule has 0 saturated carbocycles. The van der Waals surface area contributed by atoms with Crippen LogP contribution in [0.5, 0.6) is 0 Å². The maximum atomic E-state index is 12.1. The summed E-state index contributed by atoms with van der Waals surface area (Å²) >= 11 is 0. The van der Waals surface area contributed by atoms with E-state index in [1.54, 1.807) is 4.57 Å². The molecule has 3 aromatic carbocycles. The van der Waals surface area contributed by atoms with Crippen molar-refractivity contribution >= 4 is 17.0 Å². The first-order chi connectivity index (χ1) is 18.6. The summed E-state index contributed by atoms with van der Waals surface area (Å²) in [7, 11) is 0. The minimum absolute atomic E-state index is 0.167. The van der Waals surface area contributed by atoms with Crippen LogP contribution in [0.1, 0.15) is 16.7 Å². The van der Waals surface area contributed by atoms with Gasteiger partial charge in [0, 0.05) is 0 Å². The van der Waals surface area contributed by atoms with Gasteiger partial charge in [0.15, 0.2) is 17.2 Å². The summed E-state index contributed by atoms with van der Waals surface area (Å²) in [6, 6.07) is 29.0. The van der Waals surface area contributed by atoms with Gasteiger partial charge >= 0.3 is 0 Å². The molecule has 6 rings (SSSR count). The maximum absolute atomic E-state index is 12.1. The van der Waals surface area contributed by atoms with E-state index in [1.807, 2.05) is 91.0 Å². The van der Waals surface area contributed by atoms with Crippen LogP contribution in [0.2, 0.25) is 0 Å². The zero-order valence-electron chi connectivity index (χ0n) is 20.4. The number of imidazole rings is 1. The summed E-state index contributed by atoms with van der Waals surface area (Å²) in [4.78, 5) is 13.0. The third kappa shape index (κ3) is 3.23. The summed E-state index contributed by atoms with van der Waals surface area (Å²) in [6.45, 7) is -0.516. The Bertz CT molecular complexity index is 1450. The van der Waals surface area contributed by atoms with Crippen molar-refractivity contribution in [3.8, 4) is 0 Å². The zero-order valence-corrected chi connectivity index (χ0v) is 20.4. The Kier molecular flexibility index (Phi) is 5.93. The predicted octanol–water partition coefficient (Wildman–Crippen LogP) is 2.21. The number of aliphatic hydroxyl groups is 3. The van der Waals surface area contributed by atoms with E-state index >= 15 is 0 Å². The number of rotatable bonds is 6. The van der Waals surface area contributed by atoms with Crippen LogP contribution in [0.3, 0.4) is 0 Å². The summed E-state index contributed by atoms with van der Waals surface area (Å²) < 4.78 is 8.34. The van der Waals surface area contributed by atoms with Crippen LogP contribution in [0.25, 0.3) is 11.2 Å². The number of ether oxygens (including phenoxy) is 1. The van der Waals surface area contributed by atoms with E-state index in [1.165, 1.54) is 12.7 Å². The van der Waals surface area contributed by atoms with Gasteiger partial charge in [-0.2, -0.15) is 0 Å². The molecule has 0 amide bonds. The number of nitrogen functional groups attached to an aromatic ring is 1. The topological polar surface area (TPSA) is 140 Å². The minimum Gasteiger partial charge on any atom is -0.394 e. The van der Waals surface area contributed by atoms with Crippen molar-refractivity contribution in [2.45, 2.75) is 29.5 Å². The van der Waals surface area contributed by atoms with E-state index in [0.29, 0.717) is 11.2 Å². The molecule has 4 atom stereocenters. The third-order valence-corrected chi connectivity index (χ3v) is 7.49. The van der Waals surface area contributed by atoms with Crippen molar-refractivity contribution in [3.05, 3.63) is 120 Å². The highest BCUT2D eigenvalue weighted by atomic mass is 16.6. The molecule has 38 heavy (non-hydrogen) atoms. The van der Waals surface area contributed by atoms with Crippen molar-refractivity contribution in [1.29, 1.82) is 0 Å². The lowest BCUT2D eigenvalue weighted by molar-refractivity contribution is -0.175. The Hall–Kier alpha value is -4.15. The molecule has 1 fully saturated rings. The molecule has 1 saturated heterocycles. The second kappa shape index (κ2) is 9.30. The molecule has 1 aliphatic heterocycles. The average molecular weight is 510 g/mol. The van der Waals surface area contributed by atoms with Crippen molar-refractivity contribution in [2.24, 2.45) is 0 Å². The molecule has 192 valence electrons. The minimum atomic E-state index is -1.78. The smallest absolute Gasteiger partial charge is 0.194 e. The van der Waals surface area contributed by atoms with Crippen molar-refractivity contribution in [1.82, 2.24) is 19.5 Å². The Balaban J connectivity index is 1.84. The lowest BCUT2D eigenvalue weighted by atomic mass is 9.60. The quantitative estimate of drug-likeness (QED) is 0.256. The fraction of sp³-hybridized carbons (Fsp3) is 0.207. The van der Waals surface area contributed by atoms with Gasteiger partial charge < -0.3 is 25.8 Å². The number of nitrogens with two attached hydrogens (primary N) is 1. The number of fused-ring (bicyclic) bond motifs is 1. The van der Waals surface area contributed by atoms with Gasteiger partial charge in [0.2, 0.25) is 0 Å². The summed E-state index contributed by atoms with van der Waals surface area (Å²) in [6.07, 6.45) is -1.24. The van der Waals surface area contributed by atoms with Crippen molar-refractivity contribution in [3.63, 3.8) is 0 Å². The molecule has 1 aliphatic rings. The second-order valence-electron chi connectivity index (χ2n) is 9.36. The van der Waals surface area contributed by atoms with Crippen molar-refractivity contribution in [2.75, 3.05) is 12.3 Å². The highest BCUT2D eigenvalue weighted by Crippen LogP contribution is 2.57. The van der Waals surface area contributed by atoms with Gasteiger partial charge in [-0.05, 0) is 16.7 Å². The zero-order chi connectivity index (χ0) is 26.3. The number of hydrogen-bond donors (Lipinski definition) is 4. The van der Waals surface area contributed by atoms with Crippen LogP contribution < -0.4 is 5.73 Å². The normalized spacial score (nSPS) is 23.6. The molecule has 5 aromatic rings. The first-order valence-corrected chi connectivity index (χ1v) is 12.3. The molecule has 0 spiro atoms. The van der Waals surface area contributed by atoms with Gasteiger partial charge in [0.25, 0.3) is 0 Å². The fourth-order valence-electron chi connectivity index (χ4n) is 5.92. The van der Waals surface area contributed by atoms with Gasteiger partial charge in [-0.15, -0.1) is 0 Å². The van der Waals surface area contributed by atoms with Crippen LogP contribution in [0.4, 0.5) is 5.82 Å². The predicted molar refractivity (Wildman–Crippen MR) is 141 cm³/mol. The Morgan fingerprint density at radius 2 is 1.34 bits per heavy atom. The molecule has 2 aromatic heterocycles. The summed E-state index contributed by atoms with van der Waals surface area (Å²) in [5, 5.41) is 33.7. The molecule has 5 N–H and O–H groups in total. The Labute approximate surface area is 218 Å². The van der Waals surface area contributed by atoms with Gasteiger partial charge in [-0.1, -0.05) is 91.0 Å².